The van der Waals surface area contributed by atoms with Gasteiger partial charge in [-0.2, -0.15) is 0 Å². The Morgan fingerprint density at radius 3 is 2.92 bits per heavy atom. The lowest BCUT2D eigenvalue weighted by Crippen LogP contribution is -2.47. The highest BCUT2D eigenvalue weighted by Gasteiger charge is 2.23. The number of hydrogen-bond donors (Lipinski definition) is 1. The molecule has 1 aliphatic heterocycles. The third kappa shape index (κ3) is 2.99. The van der Waals surface area contributed by atoms with Crippen molar-refractivity contribution in [3.05, 3.63) is 0 Å². The highest BCUT2D eigenvalue weighted by molar-refractivity contribution is 5.73. The second-order valence-corrected chi connectivity index (χ2v) is 3.67. The topological polar surface area (TPSA) is 32.3 Å². The van der Waals surface area contributed by atoms with Crippen LogP contribution >= 0.6 is 0 Å². The Morgan fingerprint density at radius 2 is 2.31 bits per heavy atom. The Bertz CT molecular complexity index is 170. The van der Waals surface area contributed by atoms with Crippen molar-refractivity contribution in [2.24, 2.45) is 0 Å². The summed E-state index contributed by atoms with van der Waals surface area (Å²) < 4.78 is 0. The molecule has 0 aromatic rings. The van der Waals surface area contributed by atoms with Crippen LogP contribution in [0, 0.1) is 0 Å². The summed E-state index contributed by atoms with van der Waals surface area (Å²) in [6.07, 6.45) is 3.59. The van der Waals surface area contributed by atoms with Crippen LogP contribution in [0.4, 0.5) is 0 Å². The molecule has 3 heteroatoms. The van der Waals surface area contributed by atoms with Crippen LogP contribution in [0.25, 0.3) is 0 Å². The number of piperidine rings is 1. The molecule has 1 rings (SSSR count). The fourth-order valence-corrected chi connectivity index (χ4v) is 1.94. The standard InChI is InChI=1S/C10H20N2O/c1-3-11-8-10-6-4-5-7-12(10)9(2)13/h10-11H,3-8H2,1-2H3/t10-/m1/s1. The summed E-state index contributed by atoms with van der Waals surface area (Å²) in [6, 6.07) is 0.436. The fraction of sp³-hybridized carbons (Fsp3) is 0.900. The molecule has 1 saturated heterocycles. The number of carbonyl (C=O) groups excluding carboxylic acids is 1. The summed E-state index contributed by atoms with van der Waals surface area (Å²) in [7, 11) is 0. The highest BCUT2D eigenvalue weighted by atomic mass is 16.2. The second kappa shape index (κ2) is 5.22. The number of hydrogen-bond acceptors (Lipinski definition) is 2. The number of rotatable bonds is 3. The van der Waals surface area contributed by atoms with Gasteiger partial charge in [0, 0.05) is 26.1 Å². The van der Waals surface area contributed by atoms with Gasteiger partial charge in [0.1, 0.15) is 0 Å². The average molecular weight is 184 g/mol. The van der Waals surface area contributed by atoms with Crippen molar-refractivity contribution in [1.29, 1.82) is 0 Å². The van der Waals surface area contributed by atoms with E-state index in [4.69, 9.17) is 0 Å². The quantitative estimate of drug-likeness (QED) is 0.709. The van der Waals surface area contributed by atoms with Crippen molar-refractivity contribution in [3.63, 3.8) is 0 Å². The number of nitrogens with one attached hydrogen (secondary N) is 1. The van der Waals surface area contributed by atoms with E-state index in [1.807, 2.05) is 4.90 Å². The lowest BCUT2D eigenvalue weighted by atomic mass is 10.0. The average Bonchev–Trinajstić information content (AvgIpc) is 2.15. The molecule has 3 nitrogen and oxygen atoms in total. The van der Waals surface area contributed by atoms with Crippen molar-refractivity contribution in [1.82, 2.24) is 10.2 Å². The Labute approximate surface area is 80.5 Å². The first-order valence-corrected chi connectivity index (χ1v) is 5.23. The van der Waals surface area contributed by atoms with Gasteiger partial charge in [-0.15, -0.1) is 0 Å². The monoisotopic (exact) mass is 184 g/mol. The molecule has 1 amide bonds. The predicted octanol–water partition coefficient (Wildman–Crippen LogP) is 0.997. The van der Waals surface area contributed by atoms with Gasteiger partial charge in [-0.3, -0.25) is 4.79 Å². The summed E-state index contributed by atoms with van der Waals surface area (Å²) in [5.41, 5.74) is 0. The zero-order valence-corrected chi connectivity index (χ0v) is 8.68. The minimum absolute atomic E-state index is 0.225. The Kier molecular flexibility index (Phi) is 4.22. The van der Waals surface area contributed by atoms with Gasteiger partial charge < -0.3 is 10.2 Å². The Balaban J connectivity index is 2.41. The molecule has 0 unspecified atom stereocenters. The molecule has 0 aromatic carbocycles. The lowest BCUT2D eigenvalue weighted by molar-refractivity contribution is -0.132. The van der Waals surface area contributed by atoms with E-state index in [9.17, 15) is 4.79 Å². The molecule has 0 saturated carbocycles. The zero-order chi connectivity index (χ0) is 9.68. The predicted molar refractivity (Wildman–Crippen MR) is 53.6 cm³/mol. The normalized spacial score (nSPS) is 23.2. The summed E-state index contributed by atoms with van der Waals surface area (Å²) in [5.74, 6) is 0.225. The van der Waals surface area contributed by atoms with Gasteiger partial charge in [-0.1, -0.05) is 6.92 Å². The van der Waals surface area contributed by atoms with E-state index in [-0.39, 0.29) is 5.91 Å². The van der Waals surface area contributed by atoms with E-state index < -0.39 is 0 Å². The molecule has 1 aliphatic rings. The minimum atomic E-state index is 0.225. The molecule has 0 spiro atoms. The number of likely N-dealkylation sites (N-methyl/N-ethyl adjacent to an activating group) is 1. The van der Waals surface area contributed by atoms with Crippen molar-refractivity contribution in [2.75, 3.05) is 19.6 Å². The number of amides is 1. The summed E-state index contributed by atoms with van der Waals surface area (Å²) in [5, 5.41) is 3.31. The molecular formula is C10H20N2O. The number of likely N-dealkylation sites (tertiary alicyclic amines) is 1. The van der Waals surface area contributed by atoms with Gasteiger partial charge in [-0.05, 0) is 25.8 Å². The van der Waals surface area contributed by atoms with Gasteiger partial charge in [0.15, 0.2) is 0 Å². The highest BCUT2D eigenvalue weighted by Crippen LogP contribution is 2.16. The second-order valence-electron chi connectivity index (χ2n) is 3.67. The number of carbonyl (C=O) groups is 1. The summed E-state index contributed by atoms with van der Waals surface area (Å²) in [4.78, 5) is 13.3. The molecule has 1 N–H and O–H groups in total. The molecule has 1 fully saturated rings. The van der Waals surface area contributed by atoms with Crippen LogP contribution < -0.4 is 5.32 Å². The van der Waals surface area contributed by atoms with Crippen molar-refractivity contribution >= 4 is 5.91 Å². The molecule has 0 radical (unpaired) electrons. The molecular weight excluding hydrogens is 164 g/mol. The fourth-order valence-electron chi connectivity index (χ4n) is 1.94. The van der Waals surface area contributed by atoms with Crippen LogP contribution in [0.15, 0.2) is 0 Å². The maximum Gasteiger partial charge on any atom is 0.219 e. The van der Waals surface area contributed by atoms with Crippen molar-refractivity contribution in [2.45, 2.75) is 39.2 Å². The first kappa shape index (κ1) is 10.5. The van der Waals surface area contributed by atoms with Gasteiger partial charge in [-0.25, -0.2) is 0 Å². The third-order valence-corrected chi connectivity index (χ3v) is 2.66. The van der Waals surface area contributed by atoms with E-state index in [0.29, 0.717) is 6.04 Å². The van der Waals surface area contributed by atoms with Crippen molar-refractivity contribution in [3.8, 4) is 0 Å². The third-order valence-electron chi connectivity index (χ3n) is 2.66. The van der Waals surface area contributed by atoms with Gasteiger partial charge >= 0.3 is 0 Å². The van der Waals surface area contributed by atoms with E-state index in [1.165, 1.54) is 12.8 Å². The van der Waals surface area contributed by atoms with Crippen LogP contribution in [0.1, 0.15) is 33.1 Å². The molecule has 13 heavy (non-hydrogen) atoms. The lowest BCUT2D eigenvalue weighted by Gasteiger charge is -2.35. The van der Waals surface area contributed by atoms with Gasteiger partial charge in [0.2, 0.25) is 5.91 Å². The van der Waals surface area contributed by atoms with E-state index in [1.54, 1.807) is 6.92 Å². The Morgan fingerprint density at radius 1 is 1.54 bits per heavy atom. The zero-order valence-electron chi connectivity index (χ0n) is 8.68. The molecule has 0 aromatic heterocycles. The molecule has 0 bridgehead atoms. The molecule has 0 aliphatic carbocycles. The first-order chi connectivity index (χ1) is 6.25. The summed E-state index contributed by atoms with van der Waals surface area (Å²) >= 11 is 0. The van der Waals surface area contributed by atoms with E-state index in [2.05, 4.69) is 12.2 Å². The number of nitrogens with zero attached hydrogens (tertiary/aromatic N) is 1. The maximum atomic E-state index is 11.3. The van der Waals surface area contributed by atoms with Gasteiger partial charge in [0.25, 0.3) is 0 Å². The van der Waals surface area contributed by atoms with Crippen LogP contribution in [0.2, 0.25) is 0 Å². The molecule has 76 valence electrons. The summed E-state index contributed by atoms with van der Waals surface area (Å²) in [6.45, 7) is 6.66. The largest absolute Gasteiger partial charge is 0.339 e. The molecule has 1 heterocycles. The minimum Gasteiger partial charge on any atom is -0.339 e. The van der Waals surface area contributed by atoms with Crippen LogP contribution in [-0.2, 0) is 4.79 Å². The van der Waals surface area contributed by atoms with Gasteiger partial charge in [0.05, 0.1) is 0 Å². The van der Waals surface area contributed by atoms with E-state index in [0.717, 1.165) is 26.1 Å². The SMILES string of the molecule is CCNC[C@H]1CCCCN1C(C)=O. The smallest absolute Gasteiger partial charge is 0.219 e. The van der Waals surface area contributed by atoms with Crippen molar-refractivity contribution < 1.29 is 4.79 Å². The van der Waals surface area contributed by atoms with Crippen LogP contribution in [0.5, 0.6) is 0 Å². The maximum absolute atomic E-state index is 11.3. The van der Waals surface area contributed by atoms with Crippen LogP contribution in [0.3, 0.4) is 0 Å². The molecule has 1 atom stereocenters. The van der Waals surface area contributed by atoms with E-state index >= 15 is 0 Å². The Hall–Kier alpha value is -0.570. The van der Waals surface area contributed by atoms with Crippen LogP contribution in [-0.4, -0.2) is 36.5 Å². The first-order valence-electron chi connectivity index (χ1n) is 5.23.